The van der Waals surface area contributed by atoms with Gasteiger partial charge in [0.25, 0.3) is 0 Å². The predicted octanol–water partition coefficient (Wildman–Crippen LogP) is 2.02. The SMILES string of the molecule is COCCN(C(C)COC)C(C)c1ccc(C(=O)O)o1. The van der Waals surface area contributed by atoms with Crippen molar-refractivity contribution < 1.29 is 23.8 Å². The standard InChI is InChI=1S/C14H23NO5/c1-10(9-19-4)15(7-8-18-3)11(2)12-5-6-13(20-12)14(16)17/h5-6,10-11H,7-9H2,1-4H3,(H,16,17). The van der Waals surface area contributed by atoms with E-state index >= 15 is 0 Å². The summed E-state index contributed by atoms with van der Waals surface area (Å²) < 4.78 is 15.7. The molecule has 6 nitrogen and oxygen atoms in total. The maximum absolute atomic E-state index is 10.9. The Morgan fingerprint density at radius 3 is 2.55 bits per heavy atom. The molecular formula is C14H23NO5. The van der Waals surface area contributed by atoms with Gasteiger partial charge in [-0.05, 0) is 26.0 Å². The summed E-state index contributed by atoms with van der Waals surface area (Å²) in [6.07, 6.45) is 0. The summed E-state index contributed by atoms with van der Waals surface area (Å²) in [6.45, 7) is 5.92. The Labute approximate surface area is 119 Å². The highest BCUT2D eigenvalue weighted by atomic mass is 16.5. The quantitative estimate of drug-likeness (QED) is 0.748. The van der Waals surface area contributed by atoms with Gasteiger partial charge in [0.2, 0.25) is 5.76 Å². The Balaban J connectivity index is 2.84. The van der Waals surface area contributed by atoms with E-state index in [-0.39, 0.29) is 17.8 Å². The van der Waals surface area contributed by atoms with Gasteiger partial charge in [-0.25, -0.2) is 4.79 Å². The van der Waals surface area contributed by atoms with Crippen LogP contribution in [0.5, 0.6) is 0 Å². The maximum Gasteiger partial charge on any atom is 0.371 e. The van der Waals surface area contributed by atoms with Gasteiger partial charge in [-0.15, -0.1) is 0 Å². The number of hydrogen-bond acceptors (Lipinski definition) is 5. The Morgan fingerprint density at radius 2 is 2.05 bits per heavy atom. The number of furan rings is 1. The minimum absolute atomic E-state index is 0.0436. The molecule has 6 heteroatoms. The van der Waals surface area contributed by atoms with E-state index in [4.69, 9.17) is 19.0 Å². The predicted molar refractivity (Wildman–Crippen MR) is 74.0 cm³/mol. The first-order chi connectivity index (χ1) is 9.51. The van der Waals surface area contributed by atoms with E-state index in [1.807, 2.05) is 6.92 Å². The Morgan fingerprint density at radius 1 is 1.35 bits per heavy atom. The molecule has 2 unspecified atom stereocenters. The molecule has 0 aromatic carbocycles. The lowest BCUT2D eigenvalue weighted by atomic mass is 10.1. The summed E-state index contributed by atoms with van der Waals surface area (Å²) in [7, 11) is 3.31. The van der Waals surface area contributed by atoms with Crippen molar-refractivity contribution >= 4 is 5.97 Å². The topological polar surface area (TPSA) is 72.1 Å². The van der Waals surface area contributed by atoms with Crippen molar-refractivity contribution in [3.63, 3.8) is 0 Å². The van der Waals surface area contributed by atoms with Crippen molar-refractivity contribution in [1.82, 2.24) is 4.90 Å². The second-order valence-electron chi connectivity index (χ2n) is 4.72. The van der Waals surface area contributed by atoms with Crippen LogP contribution in [0, 0.1) is 0 Å². The number of hydrogen-bond donors (Lipinski definition) is 1. The molecule has 0 aliphatic heterocycles. The van der Waals surface area contributed by atoms with Gasteiger partial charge in [-0.2, -0.15) is 0 Å². The Bertz CT molecular complexity index is 417. The third kappa shape index (κ3) is 4.33. The van der Waals surface area contributed by atoms with Crippen LogP contribution in [0.3, 0.4) is 0 Å². The minimum atomic E-state index is -1.06. The van der Waals surface area contributed by atoms with Crippen LogP contribution in [0.1, 0.15) is 36.2 Å². The van der Waals surface area contributed by atoms with Gasteiger partial charge in [0.05, 0.1) is 19.3 Å². The number of nitrogens with zero attached hydrogens (tertiary/aromatic N) is 1. The zero-order valence-corrected chi connectivity index (χ0v) is 12.5. The Kier molecular flexibility index (Phi) is 6.70. The second kappa shape index (κ2) is 8.04. The van der Waals surface area contributed by atoms with Gasteiger partial charge in [0, 0.05) is 26.8 Å². The third-order valence-corrected chi connectivity index (χ3v) is 3.27. The first kappa shape index (κ1) is 16.7. The highest BCUT2D eigenvalue weighted by Crippen LogP contribution is 2.24. The maximum atomic E-state index is 10.9. The lowest BCUT2D eigenvalue weighted by molar-refractivity contribution is 0.0441. The van der Waals surface area contributed by atoms with E-state index in [1.54, 1.807) is 20.3 Å². The lowest BCUT2D eigenvalue weighted by Gasteiger charge is -2.32. The van der Waals surface area contributed by atoms with E-state index in [1.165, 1.54) is 6.07 Å². The number of carboxylic acid groups (broad SMARTS) is 1. The molecule has 114 valence electrons. The second-order valence-corrected chi connectivity index (χ2v) is 4.72. The van der Waals surface area contributed by atoms with Gasteiger partial charge in [-0.1, -0.05) is 0 Å². The lowest BCUT2D eigenvalue weighted by Crippen LogP contribution is -2.40. The fourth-order valence-electron chi connectivity index (χ4n) is 2.19. The monoisotopic (exact) mass is 285 g/mol. The van der Waals surface area contributed by atoms with Crippen LogP contribution in [0.4, 0.5) is 0 Å². The van der Waals surface area contributed by atoms with Crippen LogP contribution in [-0.4, -0.2) is 56.0 Å². The summed E-state index contributed by atoms with van der Waals surface area (Å²) in [5.41, 5.74) is 0. The average molecular weight is 285 g/mol. The molecule has 0 aliphatic carbocycles. The van der Waals surface area contributed by atoms with Gasteiger partial charge >= 0.3 is 5.97 Å². The zero-order chi connectivity index (χ0) is 15.1. The molecule has 0 spiro atoms. The molecule has 1 N–H and O–H groups in total. The van der Waals surface area contributed by atoms with Gasteiger partial charge in [0.15, 0.2) is 0 Å². The van der Waals surface area contributed by atoms with Crippen LogP contribution in [0.25, 0.3) is 0 Å². The van der Waals surface area contributed by atoms with E-state index in [9.17, 15) is 4.79 Å². The fraction of sp³-hybridized carbons (Fsp3) is 0.643. The van der Waals surface area contributed by atoms with Gasteiger partial charge < -0.3 is 19.0 Å². The molecule has 0 fully saturated rings. The molecular weight excluding hydrogens is 262 g/mol. The molecule has 1 aromatic heterocycles. The van der Waals surface area contributed by atoms with Crippen molar-refractivity contribution in [3.8, 4) is 0 Å². The third-order valence-electron chi connectivity index (χ3n) is 3.27. The van der Waals surface area contributed by atoms with Crippen molar-refractivity contribution in [2.24, 2.45) is 0 Å². The molecule has 0 saturated heterocycles. The average Bonchev–Trinajstić information content (AvgIpc) is 2.89. The summed E-state index contributed by atoms with van der Waals surface area (Å²) in [5, 5.41) is 8.91. The minimum Gasteiger partial charge on any atom is -0.475 e. The molecule has 0 bridgehead atoms. The first-order valence-electron chi connectivity index (χ1n) is 6.57. The molecule has 20 heavy (non-hydrogen) atoms. The molecule has 1 heterocycles. The highest BCUT2D eigenvalue weighted by Gasteiger charge is 2.24. The summed E-state index contributed by atoms with van der Waals surface area (Å²) >= 11 is 0. The van der Waals surface area contributed by atoms with Gasteiger partial charge in [-0.3, -0.25) is 4.90 Å². The number of methoxy groups -OCH3 is 2. The molecule has 0 radical (unpaired) electrons. The molecule has 2 atom stereocenters. The summed E-state index contributed by atoms with van der Waals surface area (Å²) in [6, 6.07) is 3.30. The fourth-order valence-corrected chi connectivity index (χ4v) is 2.19. The van der Waals surface area contributed by atoms with E-state index in [0.29, 0.717) is 25.5 Å². The van der Waals surface area contributed by atoms with Crippen LogP contribution >= 0.6 is 0 Å². The normalized spacial score (nSPS) is 14.4. The molecule has 1 rings (SSSR count). The van der Waals surface area contributed by atoms with Crippen LogP contribution in [-0.2, 0) is 9.47 Å². The summed E-state index contributed by atoms with van der Waals surface area (Å²) in [4.78, 5) is 13.0. The number of aromatic carboxylic acids is 1. The van der Waals surface area contributed by atoms with E-state index in [2.05, 4.69) is 11.8 Å². The first-order valence-corrected chi connectivity index (χ1v) is 6.57. The molecule has 0 saturated carbocycles. The largest absolute Gasteiger partial charge is 0.475 e. The Hall–Kier alpha value is -1.37. The van der Waals surface area contributed by atoms with Crippen LogP contribution < -0.4 is 0 Å². The zero-order valence-electron chi connectivity index (χ0n) is 12.5. The van der Waals surface area contributed by atoms with Crippen molar-refractivity contribution in [1.29, 1.82) is 0 Å². The van der Waals surface area contributed by atoms with Gasteiger partial charge in [0.1, 0.15) is 5.76 Å². The molecule has 1 aromatic rings. The number of carbonyl (C=O) groups is 1. The van der Waals surface area contributed by atoms with E-state index in [0.717, 1.165) is 0 Å². The highest BCUT2D eigenvalue weighted by molar-refractivity contribution is 5.84. The molecule has 0 amide bonds. The van der Waals surface area contributed by atoms with Crippen LogP contribution in [0.15, 0.2) is 16.5 Å². The smallest absolute Gasteiger partial charge is 0.371 e. The van der Waals surface area contributed by atoms with Crippen molar-refractivity contribution in [2.75, 3.05) is 34.0 Å². The van der Waals surface area contributed by atoms with Crippen molar-refractivity contribution in [3.05, 3.63) is 23.7 Å². The van der Waals surface area contributed by atoms with Crippen molar-refractivity contribution in [2.45, 2.75) is 25.9 Å². The number of rotatable bonds is 9. The number of carboxylic acids is 1. The van der Waals surface area contributed by atoms with E-state index < -0.39 is 5.97 Å². The van der Waals surface area contributed by atoms with Crippen LogP contribution in [0.2, 0.25) is 0 Å². The molecule has 0 aliphatic rings. The summed E-state index contributed by atoms with van der Waals surface area (Å²) in [5.74, 6) is -0.476. The number of ether oxygens (including phenoxy) is 2.